The quantitative estimate of drug-likeness (QED) is 0.706. The lowest BCUT2D eigenvalue weighted by Gasteiger charge is -2.23. The van der Waals surface area contributed by atoms with Crippen LogP contribution in [0.5, 0.6) is 0 Å². The molecular weight excluding hydrogens is 192 g/mol. The van der Waals surface area contributed by atoms with Gasteiger partial charge in [0.2, 0.25) is 5.91 Å². The van der Waals surface area contributed by atoms with Crippen molar-refractivity contribution in [3.8, 4) is 0 Å². The van der Waals surface area contributed by atoms with Crippen LogP contribution in [0.15, 0.2) is 0 Å². The zero-order valence-electron chi connectivity index (χ0n) is 9.50. The summed E-state index contributed by atoms with van der Waals surface area (Å²) in [5, 5.41) is 2.99. The van der Waals surface area contributed by atoms with E-state index in [4.69, 9.17) is 10.5 Å². The summed E-state index contributed by atoms with van der Waals surface area (Å²) in [6.45, 7) is 4.21. The minimum atomic E-state index is 0.130. The lowest BCUT2D eigenvalue weighted by molar-refractivity contribution is -0.123. The molecule has 4 heteroatoms. The summed E-state index contributed by atoms with van der Waals surface area (Å²) in [6, 6.07) is 0.222. The molecule has 1 amide bonds. The van der Waals surface area contributed by atoms with Crippen LogP contribution < -0.4 is 11.1 Å². The largest absolute Gasteiger partial charge is 0.379 e. The Balaban J connectivity index is 2.11. The molecule has 88 valence electrons. The molecule has 0 spiro atoms. The zero-order chi connectivity index (χ0) is 11.1. The maximum Gasteiger partial charge on any atom is 0.220 e. The van der Waals surface area contributed by atoms with Gasteiger partial charge in [0.1, 0.15) is 0 Å². The highest BCUT2D eigenvalue weighted by Crippen LogP contribution is 2.07. The Hall–Kier alpha value is -0.610. The Morgan fingerprint density at radius 3 is 3.07 bits per heavy atom. The molecule has 15 heavy (non-hydrogen) atoms. The second-order valence-electron chi connectivity index (χ2n) is 4.36. The van der Waals surface area contributed by atoms with Crippen molar-refractivity contribution in [1.29, 1.82) is 0 Å². The van der Waals surface area contributed by atoms with Crippen LogP contribution in [0.3, 0.4) is 0 Å². The van der Waals surface area contributed by atoms with Crippen LogP contribution in [-0.4, -0.2) is 31.7 Å². The van der Waals surface area contributed by atoms with Crippen molar-refractivity contribution in [3.05, 3.63) is 0 Å². The molecule has 0 bridgehead atoms. The van der Waals surface area contributed by atoms with Crippen molar-refractivity contribution in [2.75, 3.05) is 19.8 Å². The molecule has 3 N–H and O–H groups in total. The molecule has 0 radical (unpaired) electrons. The Morgan fingerprint density at radius 1 is 1.67 bits per heavy atom. The average Bonchev–Trinajstić information content (AvgIpc) is 2.27. The van der Waals surface area contributed by atoms with Gasteiger partial charge in [0.15, 0.2) is 0 Å². The highest BCUT2D eigenvalue weighted by Gasteiger charge is 2.16. The van der Waals surface area contributed by atoms with Crippen molar-refractivity contribution in [1.82, 2.24) is 5.32 Å². The van der Waals surface area contributed by atoms with E-state index in [0.717, 1.165) is 25.9 Å². The molecule has 0 aromatic carbocycles. The monoisotopic (exact) mass is 214 g/mol. The van der Waals surface area contributed by atoms with Gasteiger partial charge in [-0.15, -0.1) is 0 Å². The maximum atomic E-state index is 11.5. The zero-order valence-corrected chi connectivity index (χ0v) is 9.50. The van der Waals surface area contributed by atoms with Crippen LogP contribution >= 0.6 is 0 Å². The summed E-state index contributed by atoms with van der Waals surface area (Å²) in [5.74, 6) is 0.559. The molecule has 1 rings (SSSR count). The summed E-state index contributed by atoms with van der Waals surface area (Å²) in [5.41, 5.74) is 5.49. The number of nitrogens with two attached hydrogens (primary N) is 1. The van der Waals surface area contributed by atoms with Gasteiger partial charge in [-0.2, -0.15) is 0 Å². The van der Waals surface area contributed by atoms with Gasteiger partial charge in [-0.3, -0.25) is 4.79 Å². The fraction of sp³-hybridized carbons (Fsp3) is 0.909. The molecule has 4 nitrogen and oxygen atoms in total. The first kappa shape index (κ1) is 12.5. The van der Waals surface area contributed by atoms with Crippen LogP contribution in [0.2, 0.25) is 0 Å². The number of hydrogen-bond acceptors (Lipinski definition) is 3. The molecule has 0 aromatic heterocycles. The number of nitrogens with one attached hydrogen (secondary N) is 1. The fourth-order valence-corrected chi connectivity index (χ4v) is 1.65. The van der Waals surface area contributed by atoms with Gasteiger partial charge < -0.3 is 15.8 Å². The van der Waals surface area contributed by atoms with Crippen molar-refractivity contribution in [2.45, 2.75) is 38.6 Å². The van der Waals surface area contributed by atoms with Crippen LogP contribution in [0.25, 0.3) is 0 Å². The Labute approximate surface area is 91.5 Å². The van der Waals surface area contributed by atoms with E-state index in [1.807, 2.05) is 0 Å². The summed E-state index contributed by atoms with van der Waals surface area (Å²) >= 11 is 0. The summed E-state index contributed by atoms with van der Waals surface area (Å²) < 4.78 is 5.30. The number of carbonyl (C=O) groups excluding carboxylic acids is 1. The Bertz CT molecular complexity index is 191. The summed E-state index contributed by atoms with van der Waals surface area (Å²) in [4.78, 5) is 11.5. The first-order valence-electron chi connectivity index (χ1n) is 5.79. The van der Waals surface area contributed by atoms with Crippen LogP contribution in [0.4, 0.5) is 0 Å². The lowest BCUT2D eigenvalue weighted by atomic mass is 10.1. The van der Waals surface area contributed by atoms with E-state index in [-0.39, 0.29) is 11.9 Å². The van der Waals surface area contributed by atoms with Crippen LogP contribution in [0, 0.1) is 5.92 Å². The van der Waals surface area contributed by atoms with E-state index in [1.165, 1.54) is 0 Å². The first-order chi connectivity index (χ1) is 7.22. The molecule has 1 aliphatic rings. The molecule has 1 heterocycles. The van der Waals surface area contributed by atoms with Gasteiger partial charge in [-0.25, -0.2) is 0 Å². The van der Waals surface area contributed by atoms with Gasteiger partial charge in [0, 0.05) is 13.0 Å². The lowest BCUT2D eigenvalue weighted by Crippen LogP contribution is -2.40. The third kappa shape index (κ3) is 5.14. The molecular formula is C11H22N2O2. The van der Waals surface area contributed by atoms with Crippen LogP contribution in [0.1, 0.15) is 32.6 Å². The molecule has 1 aliphatic heterocycles. The molecule has 2 unspecified atom stereocenters. The third-order valence-electron chi connectivity index (χ3n) is 2.79. The molecule has 0 saturated carbocycles. The molecule has 0 aliphatic carbocycles. The van der Waals surface area contributed by atoms with Crippen molar-refractivity contribution >= 4 is 5.91 Å². The van der Waals surface area contributed by atoms with Gasteiger partial charge in [-0.05, 0) is 31.7 Å². The SMILES string of the molecule is CC(CN)CCC(=O)NC1CCCOC1. The van der Waals surface area contributed by atoms with Gasteiger partial charge in [-0.1, -0.05) is 6.92 Å². The first-order valence-corrected chi connectivity index (χ1v) is 5.79. The summed E-state index contributed by atoms with van der Waals surface area (Å²) in [7, 11) is 0. The number of hydrogen-bond donors (Lipinski definition) is 2. The van der Waals surface area contributed by atoms with E-state index >= 15 is 0 Å². The predicted octanol–water partition coefficient (Wildman–Crippen LogP) is 0.657. The van der Waals surface area contributed by atoms with Gasteiger partial charge in [0.25, 0.3) is 0 Å². The summed E-state index contributed by atoms with van der Waals surface area (Å²) in [6.07, 6.45) is 3.53. The Morgan fingerprint density at radius 2 is 2.47 bits per heavy atom. The van der Waals surface area contributed by atoms with Gasteiger partial charge >= 0.3 is 0 Å². The normalized spacial score (nSPS) is 23.5. The fourth-order valence-electron chi connectivity index (χ4n) is 1.65. The van der Waals surface area contributed by atoms with Crippen LogP contribution in [-0.2, 0) is 9.53 Å². The van der Waals surface area contributed by atoms with Gasteiger partial charge in [0.05, 0.1) is 12.6 Å². The van der Waals surface area contributed by atoms with E-state index in [9.17, 15) is 4.79 Å². The number of ether oxygens (including phenoxy) is 1. The average molecular weight is 214 g/mol. The van der Waals surface area contributed by atoms with E-state index in [2.05, 4.69) is 12.2 Å². The highest BCUT2D eigenvalue weighted by atomic mass is 16.5. The number of carbonyl (C=O) groups is 1. The number of amides is 1. The standard InChI is InChI=1S/C11H22N2O2/c1-9(7-12)4-5-11(14)13-10-3-2-6-15-8-10/h9-10H,2-8,12H2,1H3,(H,13,14). The van der Waals surface area contributed by atoms with E-state index in [1.54, 1.807) is 0 Å². The van der Waals surface area contributed by atoms with Crippen molar-refractivity contribution in [2.24, 2.45) is 11.7 Å². The van der Waals surface area contributed by atoms with Crippen molar-refractivity contribution in [3.63, 3.8) is 0 Å². The second-order valence-corrected chi connectivity index (χ2v) is 4.36. The minimum absolute atomic E-state index is 0.130. The number of rotatable bonds is 5. The molecule has 1 saturated heterocycles. The molecule has 2 atom stereocenters. The topological polar surface area (TPSA) is 64.4 Å². The van der Waals surface area contributed by atoms with E-state index < -0.39 is 0 Å². The predicted molar refractivity (Wildman–Crippen MR) is 59.4 cm³/mol. The molecule has 0 aromatic rings. The third-order valence-corrected chi connectivity index (χ3v) is 2.79. The van der Waals surface area contributed by atoms with E-state index in [0.29, 0.717) is 25.5 Å². The second kappa shape index (κ2) is 6.80. The smallest absolute Gasteiger partial charge is 0.220 e. The highest BCUT2D eigenvalue weighted by molar-refractivity contribution is 5.76. The molecule has 1 fully saturated rings. The Kier molecular flexibility index (Phi) is 5.65. The van der Waals surface area contributed by atoms with Crippen molar-refractivity contribution < 1.29 is 9.53 Å². The maximum absolute atomic E-state index is 11.5. The minimum Gasteiger partial charge on any atom is -0.379 e.